The van der Waals surface area contributed by atoms with Gasteiger partial charge < -0.3 is 19.6 Å². The van der Waals surface area contributed by atoms with E-state index in [-0.39, 0.29) is 32.5 Å². The van der Waals surface area contributed by atoms with Gasteiger partial charge in [-0.15, -0.1) is 0 Å². The van der Waals surface area contributed by atoms with E-state index in [2.05, 4.69) is 49.8 Å². The molecule has 0 bridgehead atoms. The number of benzene rings is 1. The predicted octanol–water partition coefficient (Wildman–Crippen LogP) is 4.26. The van der Waals surface area contributed by atoms with E-state index in [1.165, 1.54) is 0 Å². The van der Waals surface area contributed by atoms with Crippen molar-refractivity contribution in [1.29, 1.82) is 0 Å². The Labute approximate surface area is 189 Å². The van der Waals surface area contributed by atoms with Crippen molar-refractivity contribution in [1.82, 2.24) is 14.9 Å². The maximum Gasteiger partial charge on any atom is 0.319 e. The number of hydrogen-bond donors (Lipinski definition) is 1. The van der Waals surface area contributed by atoms with Crippen LogP contribution in [-0.4, -0.2) is 66.4 Å². The quantitative estimate of drug-likeness (QED) is 0.597. The zero-order chi connectivity index (χ0) is 21.5. The van der Waals surface area contributed by atoms with Crippen molar-refractivity contribution < 1.29 is 14.2 Å². The Morgan fingerprint density at radius 1 is 1.33 bits per heavy atom. The molecule has 2 aromatic rings. The van der Waals surface area contributed by atoms with E-state index in [0.717, 1.165) is 38.8 Å². The highest BCUT2D eigenvalue weighted by Crippen LogP contribution is 2.46. The van der Waals surface area contributed by atoms with Crippen molar-refractivity contribution in [2.75, 3.05) is 45.2 Å². The summed E-state index contributed by atoms with van der Waals surface area (Å²) >= 11 is 9.45. The molecule has 1 aliphatic heterocycles. The largest absolute Gasteiger partial charge is 0.463 e. The van der Waals surface area contributed by atoms with E-state index in [9.17, 15) is 5.11 Å². The van der Waals surface area contributed by atoms with Crippen LogP contribution in [0, 0.1) is 11.2 Å². The predicted molar refractivity (Wildman–Crippen MR) is 120 cm³/mol. The van der Waals surface area contributed by atoms with Crippen molar-refractivity contribution in [3.05, 3.63) is 21.4 Å². The van der Waals surface area contributed by atoms with E-state index in [1.807, 2.05) is 0 Å². The summed E-state index contributed by atoms with van der Waals surface area (Å²) in [6.45, 7) is 2.80. The zero-order valence-electron chi connectivity index (χ0n) is 17.3. The third-order valence-corrected chi connectivity index (χ3v) is 7.20. The van der Waals surface area contributed by atoms with Crippen molar-refractivity contribution in [2.24, 2.45) is 5.41 Å². The summed E-state index contributed by atoms with van der Waals surface area (Å²) in [6, 6.07) is 1.87. The van der Waals surface area contributed by atoms with Gasteiger partial charge in [0.15, 0.2) is 5.82 Å². The molecule has 0 spiro atoms. The van der Waals surface area contributed by atoms with E-state index in [1.54, 1.807) is 6.07 Å². The first-order chi connectivity index (χ1) is 14.3. The molecule has 1 saturated carbocycles. The highest BCUT2D eigenvalue weighted by atomic mass is 79.9. The molecule has 2 aliphatic rings. The van der Waals surface area contributed by atoms with Gasteiger partial charge >= 0.3 is 6.01 Å². The smallest absolute Gasteiger partial charge is 0.319 e. The number of fused-ring (bicyclic) bond motifs is 1. The lowest BCUT2D eigenvalue weighted by atomic mass is 10.1. The van der Waals surface area contributed by atoms with Gasteiger partial charge in [0.1, 0.15) is 11.3 Å². The number of halogens is 3. The number of aliphatic hydroxyl groups is 1. The molecule has 1 saturated heterocycles. The number of rotatable bonds is 6. The van der Waals surface area contributed by atoms with E-state index < -0.39 is 5.82 Å². The summed E-state index contributed by atoms with van der Waals surface area (Å²) in [5, 5.41) is 10.9. The summed E-state index contributed by atoms with van der Waals surface area (Å²) in [5.41, 5.74) is 0.307. The highest BCUT2D eigenvalue weighted by molar-refractivity contribution is 9.10. The molecule has 1 aliphatic carbocycles. The van der Waals surface area contributed by atoms with Crippen molar-refractivity contribution >= 4 is 44.3 Å². The molecular formula is C21H27BrClFN4O2. The van der Waals surface area contributed by atoms with Crippen molar-refractivity contribution in [2.45, 2.75) is 38.2 Å². The number of hydrogen-bond acceptors (Lipinski definition) is 6. The van der Waals surface area contributed by atoms with Gasteiger partial charge in [-0.05, 0) is 68.2 Å². The minimum atomic E-state index is -0.518. The van der Waals surface area contributed by atoms with E-state index in [4.69, 9.17) is 16.3 Å². The monoisotopic (exact) mass is 500 g/mol. The number of nitrogens with zero attached hydrogens (tertiary/aromatic N) is 4. The Bertz CT molecular complexity index is 941. The molecular weight excluding hydrogens is 475 g/mol. The lowest BCUT2D eigenvalue weighted by Gasteiger charge is -2.24. The summed E-state index contributed by atoms with van der Waals surface area (Å²) in [7, 11) is 4.10. The molecule has 2 fully saturated rings. The molecule has 4 rings (SSSR count). The number of aliphatic hydroxyl groups excluding tert-OH is 1. The molecule has 1 N–H and O–H groups in total. The standard InChI is InChI=1S/C21H27BrClFN4O2/c1-27(2)11-21(6-7-21)12-30-20-25-18-14(10-15(23)16(22)17(18)24)19(26-20)28-8-3-4-13(29)5-9-28/h10,13,29H,3-9,11-12H2,1-2H3. The van der Waals surface area contributed by atoms with Crippen LogP contribution < -0.4 is 9.64 Å². The Hall–Kier alpha value is -1.22. The van der Waals surface area contributed by atoms with Crippen LogP contribution in [0.25, 0.3) is 10.9 Å². The second-order valence-electron chi connectivity index (χ2n) is 8.81. The highest BCUT2D eigenvalue weighted by Gasteiger charge is 2.44. The van der Waals surface area contributed by atoms with Gasteiger partial charge in [0.05, 0.1) is 22.2 Å². The fraction of sp³-hybridized carbons (Fsp3) is 0.619. The summed E-state index contributed by atoms with van der Waals surface area (Å²) in [6.07, 6.45) is 4.10. The second-order valence-corrected chi connectivity index (χ2v) is 10.0. The Morgan fingerprint density at radius 2 is 2.10 bits per heavy atom. The SMILES string of the molecule is CN(C)CC1(COc2nc(N3CCCC(O)CC3)c3cc(Cl)c(Br)c(F)c3n2)CC1. The van der Waals surface area contributed by atoms with Crippen LogP contribution in [-0.2, 0) is 0 Å². The molecule has 9 heteroatoms. The van der Waals surface area contributed by atoms with Gasteiger partial charge in [0.2, 0.25) is 0 Å². The van der Waals surface area contributed by atoms with Gasteiger partial charge in [0, 0.05) is 30.4 Å². The normalized spacial score (nSPS) is 21.2. The van der Waals surface area contributed by atoms with Crippen molar-refractivity contribution in [3.63, 3.8) is 0 Å². The molecule has 1 unspecified atom stereocenters. The van der Waals surface area contributed by atoms with Crippen LogP contribution in [0.3, 0.4) is 0 Å². The van der Waals surface area contributed by atoms with Crippen LogP contribution in [0.15, 0.2) is 10.5 Å². The molecule has 0 amide bonds. The van der Waals surface area contributed by atoms with Gasteiger partial charge in [0.25, 0.3) is 0 Å². The van der Waals surface area contributed by atoms with Gasteiger partial charge in [-0.2, -0.15) is 9.97 Å². The molecule has 6 nitrogen and oxygen atoms in total. The first kappa shape index (κ1) is 22.0. The van der Waals surface area contributed by atoms with E-state index >= 15 is 4.39 Å². The Kier molecular flexibility index (Phi) is 6.40. The van der Waals surface area contributed by atoms with Gasteiger partial charge in [-0.1, -0.05) is 11.6 Å². The number of aromatic nitrogens is 2. The van der Waals surface area contributed by atoms with Crippen LogP contribution >= 0.6 is 27.5 Å². The summed E-state index contributed by atoms with van der Waals surface area (Å²) < 4.78 is 21.2. The Morgan fingerprint density at radius 3 is 2.80 bits per heavy atom. The molecule has 1 atom stereocenters. The molecule has 164 valence electrons. The number of ether oxygens (including phenoxy) is 1. The minimum absolute atomic E-state index is 0.119. The molecule has 0 radical (unpaired) electrons. The van der Waals surface area contributed by atoms with Crippen LogP contribution in [0.1, 0.15) is 32.1 Å². The number of anilines is 1. The fourth-order valence-corrected chi connectivity index (χ4v) is 4.64. The van der Waals surface area contributed by atoms with Crippen molar-refractivity contribution in [3.8, 4) is 6.01 Å². The average Bonchev–Trinajstić information content (AvgIpc) is 3.49. The molecule has 30 heavy (non-hydrogen) atoms. The molecule has 2 heterocycles. The lowest BCUT2D eigenvalue weighted by molar-refractivity contribution is 0.161. The zero-order valence-corrected chi connectivity index (χ0v) is 19.6. The topological polar surface area (TPSA) is 61.7 Å². The summed E-state index contributed by atoms with van der Waals surface area (Å²) in [4.78, 5) is 13.3. The third-order valence-electron chi connectivity index (χ3n) is 5.90. The average molecular weight is 502 g/mol. The summed E-state index contributed by atoms with van der Waals surface area (Å²) in [5.74, 6) is 0.0881. The first-order valence-electron chi connectivity index (χ1n) is 10.3. The second kappa shape index (κ2) is 8.73. The first-order valence-corrected chi connectivity index (χ1v) is 11.5. The van der Waals surface area contributed by atoms with Crippen LogP contribution in [0.4, 0.5) is 10.2 Å². The Balaban J connectivity index is 1.70. The maximum atomic E-state index is 15.0. The van der Waals surface area contributed by atoms with Gasteiger partial charge in [-0.25, -0.2) is 4.39 Å². The maximum absolute atomic E-state index is 15.0. The van der Waals surface area contributed by atoms with Crippen LogP contribution in [0.5, 0.6) is 6.01 Å². The molecule has 1 aromatic heterocycles. The van der Waals surface area contributed by atoms with E-state index in [0.29, 0.717) is 30.8 Å². The third kappa shape index (κ3) is 4.66. The molecule has 1 aromatic carbocycles. The van der Waals surface area contributed by atoms with Gasteiger partial charge in [-0.3, -0.25) is 0 Å². The fourth-order valence-electron chi connectivity index (χ4n) is 4.15. The lowest BCUT2D eigenvalue weighted by Crippen LogP contribution is -2.28. The van der Waals surface area contributed by atoms with Crippen LogP contribution in [0.2, 0.25) is 5.02 Å². The minimum Gasteiger partial charge on any atom is -0.463 e.